The molecule has 0 N–H and O–H groups in total. The molecule has 0 spiro atoms. The first kappa shape index (κ1) is 9.24. The summed E-state index contributed by atoms with van der Waals surface area (Å²) in [7, 11) is 0. The summed E-state index contributed by atoms with van der Waals surface area (Å²) < 4.78 is 23.6. The first-order valence-electron chi connectivity index (χ1n) is 3.07. The molecule has 0 fully saturated rings. The van der Waals surface area contributed by atoms with Crippen molar-refractivity contribution in [2.45, 2.75) is 32.2 Å². The van der Waals surface area contributed by atoms with E-state index in [1.165, 1.54) is 0 Å². The van der Waals surface area contributed by atoms with E-state index in [0.29, 0.717) is 6.42 Å². The van der Waals surface area contributed by atoms with Crippen LogP contribution in [0.1, 0.15) is 19.8 Å². The summed E-state index contributed by atoms with van der Waals surface area (Å²) in [5, 5.41) is 0. The second-order valence-electron chi connectivity index (χ2n) is 1.91. The normalized spacial score (nSPS) is 12.8. The average Bonchev–Trinajstić information content (AvgIpc) is 1.87. The van der Waals surface area contributed by atoms with Gasteiger partial charge in [-0.15, -0.1) is 0 Å². The van der Waals surface area contributed by atoms with Crippen molar-refractivity contribution in [2.24, 2.45) is 4.99 Å². The summed E-state index contributed by atoms with van der Waals surface area (Å²) >= 11 is 0. The van der Waals surface area contributed by atoms with E-state index in [2.05, 4.69) is 4.99 Å². The third-order valence-corrected chi connectivity index (χ3v) is 1.09. The predicted octanol–water partition coefficient (Wildman–Crippen LogP) is 1.76. The van der Waals surface area contributed by atoms with Crippen molar-refractivity contribution in [2.75, 3.05) is 0 Å². The lowest BCUT2D eigenvalue weighted by Gasteiger charge is -2.05. The lowest BCUT2D eigenvalue weighted by Crippen LogP contribution is -2.14. The van der Waals surface area contributed by atoms with Crippen molar-refractivity contribution >= 4 is 6.08 Å². The third kappa shape index (κ3) is 3.30. The van der Waals surface area contributed by atoms with Gasteiger partial charge < -0.3 is 0 Å². The van der Waals surface area contributed by atoms with Gasteiger partial charge in [0.15, 0.2) is 0 Å². The largest absolute Gasteiger partial charge is 0.261 e. The molecule has 58 valence electrons. The molecule has 1 unspecified atom stereocenters. The Balaban J connectivity index is 3.84. The predicted molar refractivity (Wildman–Crippen MR) is 32.8 cm³/mol. The van der Waals surface area contributed by atoms with Crippen LogP contribution in [0.3, 0.4) is 0 Å². The van der Waals surface area contributed by atoms with E-state index in [4.69, 9.17) is 0 Å². The highest BCUT2D eigenvalue weighted by Gasteiger charge is 2.17. The van der Waals surface area contributed by atoms with E-state index in [1.54, 1.807) is 6.92 Å². The fourth-order valence-corrected chi connectivity index (χ4v) is 0.610. The molecule has 0 aliphatic carbocycles. The van der Waals surface area contributed by atoms with E-state index in [1.807, 2.05) is 0 Å². The first-order chi connectivity index (χ1) is 4.72. The molecule has 10 heavy (non-hydrogen) atoms. The van der Waals surface area contributed by atoms with Crippen LogP contribution in [-0.2, 0) is 4.79 Å². The zero-order valence-corrected chi connectivity index (χ0v) is 5.68. The average molecular weight is 149 g/mol. The molecular weight excluding hydrogens is 140 g/mol. The molecule has 0 aromatic heterocycles. The van der Waals surface area contributed by atoms with E-state index >= 15 is 0 Å². The van der Waals surface area contributed by atoms with Crippen LogP contribution in [0, 0.1) is 0 Å². The van der Waals surface area contributed by atoms with Crippen LogP contribution in [0.2, 0.25) is 0 Å². The molecule has 0 saturated carbocycles. The van der Waals surface area contributed by atoms with Crippen molar-refractivity contribution in [1.82, 2.24) is 0 Å². The van der Waals surface area contributed by atoms with Gasteiger partial charge >= 0.3 is 0 Å². The van der Waals surface area contributed by atoms with Crippen LogP contribution in [0.25, 0.3) is 0 Å². The quantitative estimate of drug-likeness (QED) is 0.442. The van der Waals surface area contributed by atoms with Crippen LogP contribution >= 0.6 is 0 Å². The number of alkyl halides is 2. The van der Waals surface area contributed by atoms with Crippen molar-refractivity contribution in [1.29, 1.82) is 0 Å². The smallest absolute Gasteiger partial charge is 0.211 e. The topological polar surface area (TPSA) is 29.4 Å². The zero-order chi connectivity index (χ0) is 7.98. The Morgan fingerprint density at radius 2 is 2.20 bits per heavy atom. The molecule has 0 aliphatic heterocycles. The van der Waals surface area contributed by atoms with Crippen LogP contribution in [0.15, 0.2) is 4.99 Å². The number of carbonyl (C=O) groups excluding carboxylic acids is 1. The van der Waals surface area contributed by atoms with Crippen molar-refractivity contribution in [3.63, 3.8) is 0 Å². The summed E-state index contributed by atoms with van der Waals surface area (Å²) in [4.78, 5) is 12.5. The standard InChI is InChI=1S/C6H9F2NO/c1-2-3-5(6(7)8)9-4-10/h5-6H,2-3H2,1H3. The highest BCUT2D eigenvalue weighted by Crippen LogP contribution is 2.10. The maximum atomic E-state index is 11.8. The van der Waals surface area contributed by atoms with Gasteiger partial charge in [0.1, 0.15) is 6.04 Å². The zero-order valence-electron chi connectivity index (χ0n) is 5.68. The van der Waals surface area contributed by atoms with E-state index in [-0.39, 0.29) is 6.42 Å². The van der Waals surface area contributed by atoms with Crippen molar-refractivity contribution in [3.8, 4) is 0 Å². The molecule has 0 radical (unpaired) electrons. The Labute approximate surface area is 58.0 Å². The minimum Gasteiger partial charge on any atom is -0.211 e. The second-order valence-corrected chi connectivity index (χ2v) is 1.91. The van der Waals surface area contributed by atoms with E-state index in [9.17, 15) is 13.6 Å². The van der Waals surface area contributed by atoms with Crippen LogP contribution in [-0.4, -0.2) is 18.5 Å². The van der Waals surface area contributed by atoms with E-state index in [0.717, 1.165) is 6.08 Å². The molecule has 2 nitrogen and oxygen atoms in total. The Morgan fingerprint density at radius 3 is 2.50 bits per heavy atom. The Kier molecular flexibility index (Phi) is 4.67. The Morgan fingerprint density at radius 1 is 1.60 bits per heavy atom. The summed E-state index contributed by atoms with van der Waals surface area (Å²) in [5.74, 6) is 0. The van der Waals surface area contributed by atoms with Gasteiger partial charge in [-0.05, 0) is 6.42 Å². The molecule has 0 aromatic carbocycles. The summed E-state index contributed by atoms with van der Waals surface area (Å²) in [6, 6.07) is -1.15. The first-order valence-corrected chi connectivity index (χ1v) is 3.07. The van der Waals surface area contributed by atoms with Crippen molar-refractivity contribution < 1.29 is 13.6 Å². The highest BCUT2D eigenvalue weighted by atomic mass is 19.3. The summed E-state index contributed by atoms with van der Waals surface area (Å²) in [6.45, 7) is 1.76. The molecule has 0 aromatic rings. The maximum Gasteiger partial charge on any atom is 0.261 e. The lowest BCUT2D eigenvalue weighted by molar-refractivity contribution is 0.113. The second kappa shape index (κ2) is 5.06. The molecular formula is C6H9F2NO. The van der Waals surface area contributed by atoms with Gasteiger partial charge in [-0.1, -0.05) is 13.3 Å². The number of halogens is 2. The number of isocyanates is 1. The number of rotatable bonds is 4. The molecule has 0 heterocycles. The van der Waals surface area contributed by atoms with Gasteiger partial charge in [-0.25, -0.2) is 13.6 Å². The van der Waals surface area contributed by atoms with Crippen LogP contribution in [0.4, 0.5) is 8.78 Å². The molecule has 0 aliphatic rings. The number of nitrogens with zero attached hydrogens (tertiary/aromatic N) is 1. The maximum absolute atomic E-state index is 11.8. The van der Waals surface area contributed by atoms with E-state index < -0.39 is 12.5 Å². The Bertz CT molecular complexity index is 132. The van der Waals surface area contributed by atoms with Crippen molar-refractivity contribution in [3.05, 3.63) is 0 Å². The van der Waals surface area contributed by atoms with Gasteiger partial charge in [0.05, 0.1) is 0 Å². The van der Waals surface area contributed by atoms with Gasteiger partial charge in [-0.3, -0.25) is 0 Å². The number of aliphatic imine (C=N–C) groups is 1. The van der Waals surface area contributed by atoms with Gasteiger partial charge in [0.25, 0.3) is 6.43 Å². The van der Waals surface area contributed by atoms with Crippen LogP contribution in [0.5, 0.6) is 0 Å². The molecule has 0 bridgehead atoms. The highest BCUT2D eigenvalue weighted by molar-refractivity contribution is 5.33. The molecule has 0 saturated heterocycles. The Hall–Kier alpha value is -0.760. The number of hydrogen-bond donors (Lipinski definition) is 0. The third-order valence-electron chi connectivity index (χ3n) is 1.09. The van der Waals surface area contributed by atoms with Gasteiger partial charge in [0, 0.05) is 0 Å². The fraction of sp³-hybridized carbons (Fsp3) is 0.833. The summed E-state index contributed by atoms with van der Waals surface area (Å²) in [5.41, 5.74) is 0. The summed E-state index contributed by atoms with van der Waals surface area (Å²) in [6.07, 6.45) is -0.571. The van der Waals surface area contributed by atoms with Gasteiger partial charge in [0.2, 0.25) is 6.08 Å². The minimum absolute atomic E-state index is 0.243. The van der Waals surface area contributed by atoms with Crippen LogP contribution < -0.4 is 0 Å². The monoisotopic (exact) mass is 149 g/mol. The lowest BCUT2D eigenvalue weighted by atomic mass is 10.2. The molecule has 1 atom stereocenters. The molecule has 4 heteroatoms. The minimum atomic E-state index is -2.54. The van der Waals surface area contributed by atoms with Gasteiger partial charge in [-0.2, -0.15) is 4.99 Å². The molecule has 0 amide bonds. The fourth-order valence-electron chi connectivity index (χ4n) is 0.610. The SMILES string of the molecule is CCCC(N=C=O)C(F)F. The molecule has 0 rings (SSSR count). The number of hydrogen-bond acceptors (Lipinski definition) is 2.